The summed E-state index contributed by atoms with van der Waals surface area (Å²) >= 11 is 0. The molecule has 1 unspecified atom stereocenters. The molecule has 0 heterocycles. The molecule has 1 atom stereocenters. The Morgan fingerprint density at radius 2 is 1.92 bits per heavy atom. The van der Waals surface area contributed by atoms with Crippen LogP contribution in [0.2, 0.25) is 0 Å². The number of hydrogen-bond acceptors (Lipinski definition) is 2. The number of likely N-dealkylation sites (N-methyl/N-ethyl adjacent to an activating group) is 1. The molecule has 0 spiro atoms. The van der Waals surface area contributed by atoms with E-state index in [4.69, 9.17) is 0 Å². The predicted octanol–water partition coefficient (Wildman–Crippen LogP) is 1.75. The van der Waals surface area contributed by atoms with Crippen LogP contribution in [0.5, 0.6) is 0 Å². The van der Waals surface area contributed by atoms with Gasteiger partial charge in [-0.25, -0.2) is 0 Å². The van der Waals surface area contributed by atoms with E-state index in [2.05, 4.69) is 16.0 Å². The third-order valence-electron chi connectivity index (χ3n) is 1.51. The summed E-state index contributed by atoms with van der Waals surface area (Å²) in [5, 5.41) is 0. The predicted molar refractivity (Wildman–Crippen MR) is 55.8 cm³/mol. The van der Waals surface area contributed by atoms with E-state index in [1.165, 1.54) is 0 Å². The van der Waals surface area contributed by atoms with Crippen LogP contribution in [0, 0.1) is 0 Å². The molecule has 68 valence electrons. The zero-order valence-electron chi connectivity index (χ0n) is 8.36. The molecule has 0 aromatic carbocycles. The van der Waals surface area contributed by atoms with Crippen LogP contribution >= 0.6 is 0 Å². The van der Waals surface area contributed by atoms with Crippen molar-refractivity contribution < 1.29 is 0 Å². The molecule has 0 amide bonds. The van der Waals surface area contributed by atoms with Gasteiger partial charge in [-0.15, -0.1) is 0 Å². The van der Waals surface area contributed by atoms with Crippen molar-refractivity contribution in [1.82, 2.24) is 4.90 Å². The fraction of sp³-hybridized carbons (Fsp3) is 0.500. The number of rotatable bonds is 4. The minimum absolute atomic E-state index is 0.297. The lowest BCUT2D eigenvalue weighted by molar-refractivity contribution is 0.412. The topological polar surface area (TPSA) is 15.6 Å². The Kier molecular flexibility index (Phi) is 6.29. The standard InChI is InChI=1S/C10H18N2/c1-5-6-7-8-10(9-11-2)12(3)4/h5-10H,1-4H3/b6-5+,8-7-,11-9-. The molecule has 0 N–H and O–H groups in total. The molecule has 0 aromatic rings. The van der Waals surface area contributed by atoms with Gasteiger partial charge in [-0.1, -0.05) is 24.3 Å². The highest BCUT2D eigenvalue weighted by Gasteiger charge is 2.00. The van der Waals surface area contributed by atoms with Gasteiger partial charge in [-0.3, -0.25) is 9.89 Å². The van der Waals surface area contributed by atoms with Gasteiger partial charge >= 0.3 is 0 Å². The first kappa shape index (κ1) is 11.1. The Bertz CT molecular complexity index is 178. The van der Waals surface area contributed by atoms with Gasteiger partial charge in [-0.2, -0.15) is 0 Å². The Morgan fingerprint density at radius 1 is 1.25 bits per heavy atom. The van der Waals surface area contributed by atoms with Crippen LogP contribution in [0.4, 0.5) is 0 Å². The molecule has 0 radical (unpaired) electrons. The summed E-state index contributed by atoms with van der Waals surface area (Å²) in [5.41, 5.74) is 0. The minimum atomic E-state index is 0.297. The van der Waals surface area contributed by atoms with E-state index in [1.807, 2.05) is 45.5 Å². The molecule has 0 saturated heterocycles. The minimum Gasteiger partial charge on any atom is -0.299 e. The van der Waals surface area contributed by atoms with Gasteiger partial charge in [0.15, 0.2) is 0 Å². The summed E-state index contributed by atoms with van der Waals surface area (Å²) in [7, 11) is 5.86. The van der Waals surface area contributed by atoms with Gasteiger partial charge in [0.1, 0.15) is 0 Å². The van der Waals surface area contributed by atoms with Crippen molar-refractivity contribution in [3.63, 3.8) is 0 Å². The summed E-state index contributed by atoms with van der Waals surface area (Å²) in [5.74, 6) is 0. The summed E-state index contributed by atoms with van der Waals surface area (Å²) in [6.07, 6.45) is 10.1. The first-order valence-electron chi connectivity index (χ1n) is 4.10. The smallest absolute Gasteiger partial charge is 0.0629 e. The number of hydrogen-bond donors (Lipinski definition) is 0. The van der Waals surface area contributed by atoms with Crippen LogP contribution in [0.25, 0.3) is 0 Å². The highest BCUT2D eigenvalue weighted by molar-refractivity contribution is 5.67. The van der Waals surface area contributed by atoms with Crippen molar-refractivity contribution in [1.29, 1.82) is 0 Å². The van der Waals surface area contributed by atoms with Crippen LogP contribution in [0.3, 0.4) is 0 Å². The van der Waals surface area contributed by atoms with E-state index in [1.54, 1.807) is 7.05 Å². The van der Waals surface area contributed by atoms with E-state index >= 15 is 0 Å². The van der Waals surface area contributed by atoms with Crippen LogP contribution in [-0.2, 0) is 0 Å². The maximum absolute atomic E-state index is 3.99. The number of aliphatic imine (C=N–C) groups is 1. The first-order valence-corrected chi connectivity index (χ1v) is 4.10. The third-order valence-corrected chi connectivity index (χ3v) is 1.51. The molecule has 2 nitrogen and oxygen atoms in total. The van der Waals surface area contributed by atoms with Crippen molar-refractivity contribution in [3.05, 3.63) is 24.3 Å². The Hall–Kier alpha value is -0.890. The average molecular weight is 166 g/mol. The molecule has 0 rings (SSSR count). The maximum Gasteiger partial charge on any atom is 0.0629 e. The van der Waals surface area contributed by atoms with Crippen molar-refractivity contribution in [3.8, 4) is 0 Å². The fourth-order valence-electron chi connectivity index (χ4n) is 0.797. The van der Waals surface area contributed by atoms with E-state index in [9.17, 15) is 0 Å². The molecule has 0 aromatic heterocycles. The van der Waals surface area contributed by atoms with E-state index in [0.29, 0.717) is 6.04 Å². The third kappa shape index (κ3) is 4.85. The second-order valence-corrected chi connectivity index (χ2v) is 2.77. The average Bonchev–Trinajstić information content (AvgIpc) is 2.03. The van der Waals surface area contributed by atoms with E-state index in [0.717, 1.165) is 0 Å². The summed E-state index contributed by atoms with van der Waals surface area (Å²) in [4.78, 5) is 6.10. The molecular weight excluding hydrogens is 148 g/mol. The Morgan fingerprint density at radius 3 is 2.33 bits per heavy atom. The molecule has 0 aliphatic rings. The van der Waals surface area contributed by atoms with Crippen LogP contribution < -0.4 is 0 Å². The highest BCUT2D eigenvalue weighted by atomic mass is 15.1. The Balaban J connectivity index is 4.12. The fourth-order valence-corrected chi connectivity index (χ4v) is 0.797. The van der Waals surface area contributed by atoms with Crippen molar-refractivity contribution >= 4 is 6.21 Å². The van der Waals surface area contributed by atoms with Gasteiger partial charge in [0.05, 0.1) is 6.04 Å². The second-order valence-electron chi connectivity index (χ2n) is 2.77. The van der Waals surface area contributed by atoms with Crippen molar-refractivity contribution in [2.75, 3.05) is 21.1 Å². The van der Waals surface area contributed by atoms with Gasteiger partial charge in [-0.05, 0) is 21.0 Å². The van der Waals surface area contributed by atoms with Gasteiger partial charge in [0, 0.05) is 13.3 Å². The normalized spacial score (nSPS) is 15.8. The van der Waals surface area contributed by atoms with Gasteiger partial charge in [0.25, 0.3) is 0 Å². The summed E-state index contributed by atoms with van der Waals surface area (Å²) in [6, 6.07) is 0.297. The lowest BCUT2D eigenvalue weighted by Crippen LogP contribution is -2.27. The Labute approximate surface area is 75.3 Å². The van der Waals surface area contributed by atoms with Gasteiger partial charge in [0.2, 0.25) is 0 Å². The SMILES string of the molecule is C/C=C/C=C\C(/C=N\C)N(C)C. The lowest BCUT2D eigenvalue weighted by Gasteiger charge is -2.15. The van der Waals surface area contributed by atoms with Crippen LogP contribution in [0.1, 0.15) is 6.92 Å². The lowest BCUT2D eigenvalue weighted by atomic mass is 10.2. The molecular formula is C10H18N2. The molecule has 12 heavy (non-hydrogen) atoms. The largest absolute Gasteiger partial charge is 0.299 e. The summed E-state index contributed by atoms with van der Waals surface area (Å²) in [6.45, 7) is 2.00. The molecule has 0 bridgehead atoms. The van der Waals surface area contributed by atoms with Crippen molar-refractivity contribution in [2.45, 2.75) is 13.0 Å². The van der Waals surface area contributed by atoms with Crippen molar-refractivity contribution in [2.24, 2.45) is 4.99 Å². The van der Waals surface area contributed by atoms with E-state index in [-0.39, 0.29) is 0 Å². The van der Waals surface area contributed by atoms with E-state index < -0.39 is 0 Å². The number of allylic oxidation sites excluding steroid dienone is 3. The van der Waals surface area contributed by atoms with Crippen LogP contribution in [-0.4, -0.2) is 38.3 Å². The monoisotopic (exact) mass is 166 g/mol. The molecule has 0 saturated carbocycles. The molecule has 2 heteroatoms. The molecule has 0 fully saturated rings. The zero-order chi connectivity index (χ0) is 9.40. The quantitative estimate of drug-likeness (QED) is 0.459. The zero-order valence-corrected chi connectivity index (χ0v) is 8.36. The molecule has 0 aliphatic heterocycles. The summed E-state index contributed by atoms with van der Waals surface area (Å²) < 4.78 is 0. The van der Waals surface area contributed by atoms with Gasteiger partial charge < -0.3 is 0 Å². The van der Waals surface area contributed by atoms with Crippen LogP contribution in [0.15, 0.2) is 29.3 Å². The first-order chi connectivity index (χ1) is 5.72. The second kappa shape index (κ2) is 6.80. The number of nitrogens with zero attached hydrogens (tertiary/aromatic N) is 2. The highest BCUT2D eigenvalue weighted by Crippen LogP contribution is 1.92. The maximum atomic E-state index is 3.99. The molecule has 0 aliphatic carbocycles.